The van der Waals surface area contributed by atoms with Crippen LogP contribution < -0.4 is 0 Å². The van der Waals surface area contributed by atoms with Gasteiger partial charge in [0.25, 0.3) is 0 Å². The molecule has 1 amide bonds. The fourth-order valence-electron chi connectivity index (χ4n) is 3.77. The van der Waals surface area contributed by atoms with E-state index < -0.39 is 11.4 Å². The van der Waals surface area contributed by atoms with Crippen LogP contribution in [0.5, 0.6) is 0 Å². The van der Waals surface area contributed by atoms with E-state index in [0.717, 1.165) is 31.2 Å². The molecule has 1 heterocycles. The Hall–Kier alpha value is -2.28. The van der Waals surface area contributed by atoms with Gasteiger partial charge in [-0.2, -0.15) is 0 Å². The van der Waals surface area contributed by atoms with Crippen LogP contribution in [0.15, 0.2) is 41.4 Å². The predicted molar refractivity (Wildman–Crippen MR) is 106 cm³/mol. The molecule has 1 aliphatic carbocycles. The van der Waals surface area contributed by atoms with E-state index in [1.807, 2.05) is 30.3 Å². The molecule has 0 spiro atoms. The zero-order valence-electron chi connectivity index (χ0n) is 16.0. The molecule has 2 fully saturated rings. The molecule has 1 saturated carbocycles. The summed E-state index contributed by atoms with van der Waals surface area (Å²) < 4.78 is 10.5. The SMILES string of the molecule is CCOC(=O)/C=C1\SCC(=O)N1CCOC(=O)C1(c2ccccc2)CCCC1. The monoisotopic (exact) mass is 403 g/mol. The van der Waals surface area contributed by atoms with Crippen molar-refractivity contribution in [3.8, 4) is 0 Å². The smallest absolute Gasteiger partial charge is 0.333 e. The number of carbonyl (C=O) groups is 3. The summed E-state index contributed by atoms with van der Waals surface area (Å²) in [5.41, 5.74) is 0.405. The largest absolute Gasteiger partial charge is 0.463 e. The summed E-state index contributed by atoms with van der Waals surface area (Å²) in [7, 11) is 0. The van der Waals surface area contributed by atoms with Gasteiger partial charge in [0.15, 0.2) is 0 Å². The van der Waals surface area contributed by atoms with E-state index >= 15 is 0 Å². The second-order valence-corrected chi connectivity index (χ2v) is 7.86. The first-order chi connectivity index (χ1) is 13.6. The zero-order chi connectivity index (χ0) is 20.0. The van der Waals surface area contributed by atoms with Gasteiger partial charge in [-0.15, -0.1) is 0 Å². The molecule has 0 aromatic heterocycles. The standard InChI is InChI=1S/C21H25NO5S/c1-2-26-19(24)14-18-22(17(23)15-28-18)12-13-27-20(25)21(10-6-7-11-21)16-8-4-3-5-9-16/h3-5,8-9,14H,2,6-7,10-13,15H2,1H3/b18-14-. The van der Waals surface area contributed by atoms with E-state index in [-0.39, 0.29) is 37.4 Å². The van der Waals surface area contributed by atoms with Crippen LogP contribution in [-0.2, 0) is 29.3 Å². The average Bonchev–Trinajstić information content (AvgIpc) is 3.32. The summed E-state index contributed by atoms with van der Waals surface area (Å²) in [6.07, 6.45) is 4.88. The molecule has 150 valence electrons. The van der Waals surface area contributed by atoms with Crippen LogP contribution in [0.3, 0.4) is 0 Å². The maximum absolute atomic E-state index is 12.9. The third-order valence-corrected chi connectivity index (χ3v) is 6.19. The van der Waals surface area contributed by atoms with Crippen molar-refractivity contribution in [1.82, 2.24) is 4.90 Å². The lowest BCUT2D eigenvalue weighted by Crippen LogP contribution is -2.37. The van der Waals surface area contributed by atoms with Crippen molar-refractivity contribution in [2.24, 2.45) is 0 Å². The molecule has 0 unspecified atom stereocenters. The molecule has 1 saturated heterocycles. The Balaban J connectivity index is 1.62. The number of ether oxygens (including phenoxy) is 2. The van der Waals surface area contributed by atoms with Gasteiger partial charge in [-0.25, -0.2) is 4.79 Å². The highest BCUT2D eigenvalue weighted by molar-refractivity contribution is 8.04. The number of hydrogen-bond donors (Lipinski definition) is 0. The average molecular weight is 404 g/mol. The highest BCUT2D eigenvalue weighted by atomic mass is 32.2. The topological polar surface area (TPSA) is 72.9 Å². The molecule has 7 heteroatoms. The maximum Gasteiger partial charge on any atom is 0.333 e. The summed E-state index contributed by atoms with van der Waals surface area (Å²) in [5, 5.41) is 0.540. The fourth-order valence-corrected chi connectivity index (χ4v) is 4.72. The lowest BCUT2D eigenvalue weighted by atomic mass is 9.79. The molecule has 2 aliphatic rings. The third-order valence-electron chi connectivity index (χ3n) is 5.16. The summed E-state index contributed by atoms with van der Waals surface area (Å²) in [5.74, 6) is -0.537. The Morgan fingerprint density at radius 2 is 1.89 bits per heavy atom. The van der Waals surface area contributed by atoms with Crippen LogP contribution >= 0.6 is 11.8 Å². The van der Waals surface area contributed by atoms with E-state index in [4.69, 9.17) is 9.47 Å². The van der Waals surface area contributed by atoms with Crippen molar-refractivity contribution in [3.05, 3.63) is 47.0 Å². The van der Waals surface area contributed by atoms with Gasteiger partial charge in [0, 0.05) is 0 Å². The molecule has 0 atom stereocenters. The zero-order valence-corrected chi connectivity index (χ0v) is 16.8. The second kappa shape index (κ2) is 9.28. The van der Waals surface area contributed by atoms with Gasteiger partial charge in [-0.3, -0.25) is 9.59 Å². The Labute approximate surface area is 169 Å². The number of thioether (sulfide) groups is 1. The predicted octanol–water partition coefficient (Wildman–Crippen LogP) is 3.02. The van der Waals surface area contributed by atoms with Gasteiger partial charge >= 0.3 is 11.9 Å². The van der Waals surface area contributed by atoms with Crippen molar-refractivity contribution in [2.75, 3.05) is 25.5 Å². The summed E-state index contributed by atoms with van der Waals surface area (Å²) in [6, 6.07) is 9.77. The summed E-state index contributed by atoms with van der Waals surface area (Å²) >= 11 is 1.29. The molecule has 1 aromatic rings. The number of benzene rings is 1. The van der Waals surface area contributed by atoms with E-state index in [2.05, 4.69) is 0 Å². The lowest BCUT2D eigenvalue weighted by molar-refractivity contribution is -0.151. The van der Waals surface area contributed by atoms with Gasteiger partial charge in [-0.05, 0) is 25.3 Å². The van der Waals surface area contributed by atoms with Crippen LogP contribution in [0, 0.1) is 0 Å². The van der Waals surface area contributed by atoms with Gasteiger partial charge in [0.05, 0.1) is 35.4 Å². The van der Waals surface area contributed by atoms with Gasteiger partial charge in [0.2, 0.25) is 5.91 Å². The van der Waals surface area contributed by atoms with E-state index in [1.54, 1.807) is 6.92 Å². The fraction of sp³-hybridized carbons (Fsp3) is 0.476. The third kappa shape index (κ3) is 4.41. The first-order valence-electron chi connectivity index (χ1n) is 9.61. The minimum atomic E-state index is -0.589. The van der Waals surface area contributed by atoms with Crippen LogP contribution in [0.4, 0.5) is 0 Å². The first kappa shape index (κ1) is 20.5. The molecule has 0 radical (unpaired) electrons. The van der Waals surface area contributed by atoms with Crippen LogP contribution in [-0.4, -0.2) is 48.3 Å². The quantitative estimate of drug-likeness (QED) is 0.515. The van der Waals surface area contributed by atoms with Crippen molar-refractivity contribution in [1.29, 1.82) is 0 Å². The second-order valence-electron chi connectivity index (χ2n) is 6.86. The molecular formula is C21H25NO5S. The number of nitrogens with zero attached hydrogens (tertiary/aromatic N) is 1. The normalized spacial score (nSPS) is 19.8. The van der Waals surface area contributed by atoms with E-state index in [9.17, 15) is 14.4 Å². The highest BCUT2D eigenvalue weighted by Gasteiger charge is 2.44. The number of esters is 2. The molecule has 28 heavy (non-hydrogen) atoms. The van der Waals surface area contributed by atoms with Crippen molar-refractivity contribution >= 4 is 29.6 Å². The number of rotatable bonds is 7. The number of carbonyl (C=O) groups excluding carboxylic acids is 3. The molecule has 6 nitrogen and oxygen atoms in total. The van der Waals surface area contributed by atoms with Crippen molar-refractivity contribution < 1.29 is 23.9 Å². The first-order valence-corrected chi connectivity index (χ1v) is 10.6. The van der Waals surface area contributed by atoms with Gasteiger partial charge in [0.1, 0.15) is 6.61 Å². The Morgan fingerprint density at radius 1 is 1.18 bits per heavy atom. The van der Waals surface area contributed by atoms with Gasteiger partial charge in [-0.1, -0.05) is 54.9 Å². The van der Waals surface area contributed by atoms with Crippen molar-refractivity contribution in [2.45, 2.75) is 38.0 Å². The highest BCUT2D eigenvalue weighted by Crippen LogP contribution is 2.42. The molecule has 3 rings (SSSR count). The molecular weight excluding hydrogens is 378 g/mol. The minimum absolute atomic E-state index is 0.0971. The molecule has 0 N–H and O–H groups in total. The van der Waals surface area contributed by atoms with Crippen LogP contribution in [0.25, 0.3) is 0 Å². The summed E-state index contributed by atoms with van der Waals surface area (Å²) in [4.78, 5) is 38.2. The Kier molecular flexibility index (Phi) is 6.78. The molecule has 1 aromatic carbocycles. The number of amides is 1. The Bertz CT molecular complexity index is 755. The van der Waals surface area contributed by atoms with Gasteiger partial charge < -0.3 is 14.4 Å². The molecule has 0 bridgehead atoms. The van der Waals surface area contributed by atoms with Crippen molar-refractivity contribution in [3.63, 3.8) is 0 Å². The summed E-state index contributed by atoms with van der Waals surface area (Å²) in [6.45, 7) is 2.33. The lowest BCUT2D eigenvalue weighted by Gasteiger charge is -2.27. The van der Waals surface area contributed by atoms with Crippen LogP contribution in [0.2, 0.25) is 0 Å². The minimum Gasteiger partial charge on any atom is -0.463 e. The maximum atomic E-state index is 12.9. The molecule has 1 aliphatic heterocycles. The Morgan fingerprint density at radius 3 is 2.57 bits per heavy atom. The van der Waals surface area contributed by atoms with E-state index in [1.165, 1.54) is 22.7 Å². The van der Waals surface area contributed by atoms with Crippen LogP contribution in [0.1, 0.15) is 38.2 Å². The van der Waals surface area contributed by atoms with E-state index in [0.29, 0.717) is 5.03 Å². The number of hydrogen-bond acceptors (Lipinski definition) is 6.